The second-order valence-electron chi connectivity index (χ2n) is 7.01. The number of rotatable bonds is 4. The number of likely N-dealkylation sites (tertiary alicyclic amines) is 1. The molecule has 21 heavy (non-hydrogen) atoms. The lowest BCUT2D eigenvalue weighted by molar-refractivity contribution is 0.0886. The predicted octanol–water partition coefficient (Wildman–Crippen LogP) is 2.23. The zero-order chi connectivity index (χ0) is 15.6. The van der Waals surface area contributed by atoms with Gasteiger partial charge in [0.1, 0.15) is 5.69 Å². The van der Waals surface area contributed by atoms with Gasteiger partial charge in [-0.2, -0.15) is 5.10 Å². The predicted molar refractivity (Wildman–Crippen MR) is 84.5 cm³/mol. The average molecular weight is 292 g/mol. The summed E-state index contributed by atoms with van der Waals surface area (Å²) in [4.78, 5) is 14.6. The van der Waals surface area contributed by atoms with Crippen molar-refractivity contribution in [2.75, 3.05) is 26.7 Å². The summed E-state index contributed by atoms with van der Waals surface area (Å²) in [5, 5.41) is 7.47. The number of hydrogen-bond donors (Lipinski definition) is 1. The van der Waals surface area contributed by atoms with E-state index in [0.29, 0.717) is 5.69 Å². The Labute approximate surface area is 127 Å². The Kier molecular flexibility index (Phi) is 4.71. The molecule has 0 spiro atoms. The first-order chi connectivity index (χ1) is 9.81. The van der Waals surface area contributed by atoms with Crippen LogP contribution in [0.3, 0.4) is 0 Å². The summed E-state index contributed by atoms with van der Waals surface area (Å²) in [6.45, 7) is 11.3. The van der Waals surface area contributed by atoms with Crippen LogP contribution < -0.4 is 5.32 Å². The zero-order valence-corrected chi connectivity index (χ0v) is 13.9. The summed E-state index contributed by atoms with van der Waals surface area (Å²) in [6.07, 6.45) is 2.26. The highest BCUT2D eigenvalue weighted by molar-refractivity contribution is 5.92. The lowest BCUT2D eigenvalue weighted by atomic mass is 9.80. The Morgan fingerprint density at radius 2 is 2.05 bits per heavy atom. The van der Waals surface area contributed by atoms with Gasteiger partial charge < -0.3 is 10.2 Å². The van der Waals surface area contributed by atoms with E-state index in [1.54, 1.807) is 0 Å². The second-order valence-corrected chi connectivity index (χ2v) is 7.01. The monoisotopic (exact) mass is 292 g/mol. The average Bonchev–Trinajstić information content (AvgIpc) is 2.82. The number of hydrogen-bond acceptors (Lipinski definition) is 3. The van der Waals surface area contributed by atoms with E-state index in [-0.39, 0.29) is 17.4 Å². The Hall–Kier alpha value is -1.36. The van der Waals surface area contributed by atoms with Crippen LogP contribution in [0, 0.1) is 12.3 Å². The van der Waals surface area contributed by atoms with Crippen molar-refractivity contribution >= 4 is 5.91 Å². The molecule has 0 saturated carbocycles. The van der Waals surface area contributed by atoms with E-state index in [9.17, 15) is 4.79 Å². The van der Waals surface area contributed by atoms with Crippen LogP contribution in [0.4, 0.5) is 0 Å². The maximum atomic E-state index is 12.3. The molecule has 1 aromatic heterocycles. The molecule has 5 nitrogen and oxygen atoms in total. The van der Waals surface area contributed by atoms with E-state index >= 15 is 0 Å². The van der Waals surface area contributed by atoms with Gasteiger partial charge in [-0.15, -0.1) is 0 Å². The number of piperidine rings is 1. The van der Waals surface area contributed by atoms with Crippen molar-refractivity contribution in [1.29, 1.82) is 0 Å². The van der Waals surface area contributed by atoms with Crippen LogP contribution >= 0.6 is 0 Å². The van der Waals surface area contributed by atoms with Gasteiger partial charge in [-0.25, -0.2) is 0 Å². The number of carbonyl (C=O) groups excluding carboxylic acids is 1. The first-order valence-corrected chi connectivity index (χ1v) is 7.84. The minimum Gasteiger partial charge on any atom is -0.350 e. The second kappa shape index (κ2) is 6.18. The van der Waals surface area contributed by atoms with Crippen LogP contribution in [0.25, 0.3) is 0 Å². The molecule has 0 aromatic carbocycles. The molecule has 0 atom stereocenters. The van der Waals surface area contributed by atoms with Crippen molar-refractivity contribution in [2.45, 2.75) is 46.6 Å². The van der Waals surface area contributed by atoms with E-state index in [1.807, 2.05) is 17.7 Å². The maximum Gasteiger partial charge on any atom is 0.271 e. The summed E-state index contributed by atoms with van der Waals surface area (Å²) >= 11 is 0. The summed E-state index contributed by atoms with van der Waals surface area (Å²) in [7, 11) is 2.15. The maximum absolute atomic E-state index is 12.3. The fourth-order valence-electron chi connectivity index (χ4n) is 2.84. The number of aromatic nitrogens is 2. The third kappa shape index (κ3) is 3.84. The van der Waals surface area contributed by atoms with E-state index in [0.717, 1.165) is 38.2 Å². The van der Waals surface area contributed by atoms with Crippen LogP contribution in [0.5, 0.6) is 0 Å². The van der Waals surface area contributed by atoms with Gasteiger partial charge in [0.05, 0.1) is 0 Å². The molecule has 5 heteroatoms. The minimum atomic E-state index is -0.0577. The van der Waals surface area contributed by atoms with Gasteiger partial charge in [-0.3, -0.25) is 9.48 Å². The normalized spacial score (nSPS) is 19.0. The SMILES string of the molecule is Cc1cc(C(=O)NCC2(C)CCN(C)CC2)nn1C(C)C. The fourth-order valence-corrected chi connectivity index (χ4v) is 2.84. The van der Waals surface area contributed by atoms with Crippen LogP contribution in [0.1, 0.15) is 55.8 Å². The van der Waals surface area contributed by atoms with Crippen LogP contribution in [0.2, 0.25) is 0 Å². The zero-order valence-electron chi connectivity index (χ0n) is 13.9. The Morgan fingerprint density at radius 1 is 1.43 bits per heavy atom. The molecule has 1 aromatic rings. The summed E-state index contributed by atoms with van der Waals surface area (Å²) in [6, 6.07) is 2.14. The highest BCUT2D eigenvalue weighted by atomic mass is 16.1. The van der Waals surface area contributed by atoms with Crippen molar-refractivity contribution in [2.24, 2.45) is 5.41 Å². The molecule has 0 unspecified atom stereocenters. The van der Waals surface area contributed by atoms with Crippen molar-refractivity contribution in [3.63, 3.8) is 0 Å². The lowest BCUT2D eigenvalue weighted by Crippen LogP contribution is -2.43. The van der Waals surface area contributed by atoms with Crippen LogP contribution in [0.15, 0.2) is 6.07 Å². The summed E-state index contributed by atoms with van der Waals surface area (Å²) in [5.74, 6) is -0.0577. The molecule has 118 valence electrons. The van der Waals surface area contributed by atoms with Crippen molar-refractivity contribution in [3.8, 4) is 0 Å². The van der Waals surface area contributed by atoms with Gasteiger partial charge >= 0.3 is 0 Å². The van der Waals surface area contributed by atoms with E-state index in [4.69, 9.17) is 0 Å². The molecule has 1 amide bonds. The third-order valence-electron chi connectivity index (χ3n) is 4.51. The van der Waals surface area contributed by atoms with Gasteiger partial charge in [0.15, 0.2) is 0 Å². The van der Waals surface area contributed by atoms with E-state index < -0.39 is 0 Å². The van der Waals surface area contributed by atoms with Gasteiger partial charge in [0.25, 0.3) is 5.91 Å². The van der Waals surface area contributed by atoms with Gasteiger partial charge in [-0.1, -0.05) is 6.92 Å². The highest BCUT2D eigenvalue weighted by Crippen LogP contribution is 2.29. The lowest BCUT2D eigenvalue weighted by Gasteiger charge is -2.37. The number of aryl methyl sites for hydroxylation is 1. The summed E-state index contributed by atoms with van der Waals surface area (Å²) < 4.78 is 1.90. The standard InChI is InChI=1S/C16H28N4O/c1-12(2)20-13(3)10-14(18-20)15(21)17-11-16(4)6-8-19(5)9-7-16/h10,12H,6-9,11H2,1-5H3,(H,17,21). The molecular weight excluding hydrogens is 264 g/mol. The first-order valence-electron chi connectivity index (χ1n) is 7.84. The van der Waals surface area contributed by atoms with Gasteiger partial charge in [0.2, 0.25) is 0 Å². The highest BCUT2D eigenvalue weighted by Gasteiger charge is 2.29. The van der Waals surface area contributed by atoms with Gasteiger partial charge in [-0.05, 0) is 65.2 Å². The smallest absolute Gasteiger partial charge is 0.271 e. The van der Waals surface area contributed by atoms with Crippen molar-refractivity contribution < 1.29 is 4.79 Å². The quantitative estimate of drug-likeness (QED) is 0.926. The number of amides is 1. The third-order valence-corrected chi connectivity index (χ3v) is 4.51. The minimum absolute atomic E-state index is 0.0577. The number of carbonyl (C=O) groups is 1. The van der Waals surface area contributed by atoms with E-state index in [1.165, 1.54) is 0 Å². The topological polar surface area (TPSA) is 50.2 Å². The number of nitrogens with one attached hydrogen (secondary N) is 1. The molecule has 0 aliphatic carbocycles. The van der Waals surface area contributed by atoms with Gasteiger partial charge in [0, 0.05) is 18.3 Å². The van der Waals surface area contributed by atoms with Crippen LogP contribution in [-0.4, -0.2) is 47.3 Å². The molecule has 1 fully saturated rings. The molecule has 1 saturated heterocycles. The fraction of sp³-hybridized carbons (Fsp3) is 0.750. The molecule has 1 N–H and O–H groups in total. The molecule has 1 aliphatic heterocycles. The molecular formula is C16H28N4O. The molecule has 2 heterocycles. The molecule has 0 bridgehead atoms. The Balaban J connectivity index is 1.94. The molecule has 2 rings (SSSR count). The molecule has 1 aliphatic rings. The number of nitrogens with zero attached hydrogens (tertiary/aromatic N) is 3. The Morgan fingerprint density at radius 3 is 2.57 bits per heavy atom. The largest absolute Gasteiger partial charge is 0.350 e. The Bertz CT molecular complexity index is 498. The van der Waals surface area contributed by atoms with Crippen molar-refractivity contribution in [3.05, 3.63) is 17.5 Å². The van der Waals surface area contributed by atoms with Crippen molar-refractivity contribution in [1.82, 2.24) is 20.0 Å². The summed E-state index contributed by atoms with van der Waals surface area (Å²) in [5.41, 5.74) is 1.76. The van der Waals surface area contributed by atoms with Crippen LogP contribution in [-0.2, 0) is 0 Å². The molecule has 0 radical (unpaired) electrons. The van der Waals surface area contributed by atoms with E-state index in [2.05, 4.69) is 43.1 Å². The first kappa shape index (κ1) is 16.0.